The van der Waals surface area contributed by atoms with E-state index in [4.69, 9.17) is 21.4 Å². The summed E-state index contributed by atoms with van der Waals surface area (Å²) in [4.78, 5) is 22.2. The molecule has 0 unspecified atom stereocenters. The minimum absolute atomic E-state index is 0.0116. The van der Waals surface area contributed by atoms with Crippen LogP contribution in [0.2, 0.25) is 5.28 Å². The number of nitrogens with zero attached hydrogens (tertiary/aromatic N) is 3. The maximum Gasteiger partial charge on any atom is 0.329 e. The molecule has 102 valence electrons. The van der Waals surface area contributed by atoms with E-state index in [-0.39, 0.29) is 18.3 Å². The molecule has 2 aromatic heterocycles. The van der Waals surface area contributed by atoms with E-state index in [9.17, 15) is 9.90 Å². The van der Waals surface area contributed by atoms with E-state index >= 15 is 0 Å². The Morgan fingerprint density at radius 3 is 3.11 bits per heavy atom. The Labute approximate surface area is 111 Å². The second kappa shape index (κ2) is 4.57. The van der Waals surface area contributed by atoms with E-state index < -0.39 is 24.1 Å². The zero-order valence-electron chi connectivity index (χ0n) is 9.65. The number of rotatable bonds is 2. The minimum Gasteiger partial charge on any atom is -0.394 e. The summed E-state index contributed by atoms with van der Waals surface area (Å²) in [7, 11) is 0. The fourth-order valence-corrected chi connectivity index (χ4v) is 2.33. The van der Waals surface area contributed by atoms with Gasteiger partial charge >= 0.3 is 5.69 Å². The minimum atomic E-state index is -0.829. The van der Waals surface area contributed by atoms with Crippen LogP contribution in [0.3, 0.4) is 0 Å². The Morgan fingerprint density at radius 1 is 1.63 bits per heavy atom. The Kier molecular flexibility index (Phi) is 3.02. The molecule has 1 aliphatic rings. The van der Waals surface area contributed by atoms with E-state index in [1.807, 2.05) is 0 Å². The van der Waals surface area contributed by atoms with Crippen molar-refractivity contribution >= 4 is 22.8 Å². The number of H-pyrrole nitrogens is 1. The predicted molar refractivity (Wildman–Crippen MR) is 64.8 cm³/mol. The molecule has 19 heavy (non-hydrogen) atoms. The van der Waals surface area contributed by atoms with Crippen LogP contribution < -0.4 is 5.69 Å². The monoisotopic (exact) mass is 286 g/mol. The molecule has 3 atom stereocenters. The van der Waals surface area contributed by atoms with Crippen LogP contribution in [0.5, 0.6) is 0 Å². The summed E-state index contributed by atoms with van der Waals surface area (Å²) in [5.41, 5.74) is 0.308. The molecule has 1 fully saturated rings. The summed E-state index contributed by atoms with van der Waals surface area (Å²) in [6, 6.07) is 0. The van der Waals surface area contributed by atoms with Gasteiger partial charge in [0.2, 0.25) is 5.28 Å². The highest BCUT2D eigenvalue weighted by molar-refractivity contribution is 6.28. The van der Waals surface area contributed by atoms with Gasteiger partial charge in [0.1, 0.15) is 17.8 Å². The summed E-state index contributed by atoms with van der Waals surface area (Å²) in [5, 5.41) is 18.8. The average Bonchev–Trinajstić information content (AvgIpc) is 2.88. The molecular weight excluding hydrogens is 276 g/mol. The highest BCUT2D eigenvalue weighted by Gasteiger charge is 2.36. The molecule has 0 bridgehead atoms. The van der Waals surface area contributed by atoms with Crippen LogP contribution in [-0.2, 0) is 4.74 Å². The molecule has 0 spiro atoms. The van der Waals surface area contributed by atoms with Crippen LogP contribution in [0.25, 0.3) is 11.2 Å². The zero-order chi connectivity index (χ0) is 13.6. The maximum absolute atomic E-state index is 11.9. The predicted octanol–water partition coefficient (Wildman–Crippen LogP) is -0.586. The lowest BCUT2D eigenvalue weighted by atomic mass is 10.2. The van der Waals surface area contributed by atoms with Crippen molar-refractivity contribution in [2.24, 2.45) is 0 Å². The lowest BCUT2D eigenvalue weighted by Crippen LogP contribution is -2.25. The van der Waals surface area contributed by atoms with E-state index in [1.165, 1.54) is 10.8 Å². The van der Waals surface area contributed by atoms with Gasteiger partial charge in [0.05, 0.1) is 18.9 Å². The van der Waals surface area contributed by atoms with Gasteiger partial charge in [-0.15, -0.1) is 0 Å². The summed E-state index contributed by atoms with van der Waals surface area (Å²) in [6.45, 7) is -0.315. The van der Waals surface area contributed by atoms with Crippen LogP contribution in [0.4, 0.5) is 0 Å². The van der Waals surface area contributed by atoms with Gasteiger partial charge in [0, 0.05) is 6.42 Å². The molecular formula is C10H11ClN4O4. The molecule has 3 heterocycles. The molecule has 3 N–H and O–H groups in total. The zero-order valence-corrected chi connectivity index (χ0v) is 10.4. The number of hydrogen-bond acceptors (Lipinski definition) is 6. The number of nitrogens with one attached hydrogen (secondary N) is 1. The molecule has 9 heteroatoms. The van der Waals surface area contributed by atoms with E-state index in [0.29, 0.717) is 11.2 Å². The van der Waals surface area contributed by atoms with Crippen molar-refractivity contribution in [3.8, 4) is 0 Å². The number of aromatic amines is 1. The SMILES string of the molecule is O=c1[nH]c2cnc(Cl)nc2n1[C@@H]1C[C@@H](O)[C@H](CO)O1. The highest BCUT2D eigenvalue weighted by Crippen LogP contribution is 2.29. The van der Waals surface area contributed by atoms with Crippen LogP contribution >= 0.6 is 11.6 Å². The van der Waals surface area contributed by atoms with Crippen molar-refractivity contribution in [1.82, 2.24) is 19.5 Å². The van der Waals surface area contributed by atoms with Crippen LogP contribution in [0.1, 0.15) is 12.6 Å². The summed E-state index contributed by atoms with van der Waals surface area (Å²) < 4.78 is 6.70. The number of fused-ring (bicyclic) bond motifs is 1. The van der Waals surface area contributed by atoms with E-state index in [0.717, 1.165) is 0 Å². The first kappa shape index (κ1) is 12.5. The van der Waals surface area contributed by atoms with Gasteiger partial charge in [-0.2, -0.15) is 4.98 Å². The number of imidazole rings is 1. The number of aliphatic hydroxyl groups is 2. The van der Waals surface area contributed by atoms with Crippen LogP contribution in [0.15, 0.2) is 11.0 Å². The fourth-order valence-electron chi connectivity index (χ4n) is 2.20. The third kappa shape index (κ3) is 2.02. The Balaban J connectivity index is 2.08. The quantitative estimate of drug-likeness (QED) is 0.636. The van der Waals surface area contributed by atoms with Crippen molar-refractivity contribution in [3.63, 3.8) is 0 Å². The Hall–Kier alpha value is -1.48. The second-order valence-electron chi connectivity index (χ2n) is 4.29. The Bertz CT molecular complexity index is 669. The molecule has 0 radical (unpaired) electrons. The lowest BCUT2D eigenvalue weighted by Gasteiger charge is -2.12. The second-order valence-corrected chi connectivity index (χ2v) is 4.63. The van der Waals surface area contributed by atoms with E-state index in [1.54, 1.807) is 0 Å². The van der Waals surface area contributed by atoms with Gasteiger partial charge < -0.3 is 19.9 Å². The standard InChI is InChI=1S/C10H11ClN4O4/c11-9-12-2-4-8(14-9)15(10(18)13-4)7-1-5(17)6(3-16)19-7/h2,5-7,16-17H,1,3H2,(H,13,18)/t5-,6+,7+/m1/s1. The summed E-state index contributed by atoms with van der Waals surface area (Å²) >= 11 is 5.71. The van der Waals surface area contributed by atoms with Crippen molar-refractivity contribution in [2.75, 3.05) is 6.61 Å². The average molecular weight is 287 g/mol. The largest absolute Gasteiger partial charge is 0.394 e. The van der Waals surface area contributed by atoms with Crippen molar-refractivity contribution in [1.29, 1.82) is 0 Å². The topological polar surface area (TPSA) is 113 Å². The molecule has 2 aromatic rings. The van der Waals surface area contributed by atoms with Crippen molar-refractivity contribution < 1.29 is 14.9 Å². The molecule has 3 rings (SSSR count). The first-order chi connectivity index (χ1) is 9.10. The Morgan fingerprint density at radius 2 is 2.42 bits per heavy atom. The smallest absolute Gasteiger partial charge is 0.329 e. The van der Waals surface area contributed by atoms with Crippen molar-refractivity contribution in [3.05, 3.63) is 22.0 Å². The van der Waals surface area contributed by atoms with Gasteiger partial charge in [0.15, 0.2) is 5.65 Å². The fraction of sp³-hybridized carbons (Fsp3) is 0.500. The lowest BCUT2D eigenvalue weighted by molar-refractivity contribution is -0.0441. The number of aliphatic hydroxyl groups excluding tert-OH is 2. The van der Waals surface area contributed by atoms with Gasteiger partial charge in [0.25, 0.3) is 0 Å². The molecule has 0 amide bonds. The first-order valence-corrected chi connectivity index (χ1v) is 6.05. The molecule has 0 aromatic carbocycles. The third-order valence-electron chi connectivity index (χ3n) is 3.10. The number of aromatic nitrogens is 4. The van der Waals surface area contributed by atoms with Gasteiger partial charge in [-0.05, 0) is 11.6 Å². The number of hydrogen-bond donors (Lipinski definition) is 3. The van der Waals surface area contributed by atoms with Gasteiger partial charge in [-0.1, -0.05) is 0 Å². The molecule has 1 saturated heterocycles. The molecule has 1 aliphatic heterocycles. The first-order valence-electron chi connectivity index (χ1n) is 5.67. The third-order valence-corrected chi connectivity index (χ3v) is 3.28. The van der Waals surface area contributed by atoms with Crippen molar-refractivity contribution in [2.45, 2.75) is 24.9 Å². The normalized spacial score (nSPS) is 27.2. The summed E-state index contributed by atoms with van der Waals surface area (Å²) in [5.74, 6) is 0. The molecule has 0 saturated carbocycles. The van der Waals surface area contributed by atoms with Crippen LogP contribution in [0, 0.1) is 0 Å². The van der Waals surface area contributed by atoms with Crippen LogP contribution in [-0.4, -0.2) is 48.5 Å². The molecule has 8 nitrogen and oxygen atoms in total. The molecule has 0 aliphatic carbocycles. The van der Waals surface area contributed by atoms with Gasteiger partial charge in [-0.25, -0.2) is 14.3 Å². The van der Waals surface area contributed by atoms with E-state index in [2.05, 4.69) is 15.0 Å². The number of ether oxygens (including phenoxy) is 1. The summed E-state index contributed by atoms with van der Waals surface area (Å²) in [6.07, 6.45) is -0.639. The van der Waals surface area contributed by atoms with Gasteiger partial charge in [-0.3, -0.25) is 0 Å². The number of halogens is 1. The maximum atomic E-state index is 11.9. The highest BCUT2D eigenvalue weighted by atomic mass is 35.5.